The summed E-state index contributed by atoms with van der Waals surface area (Å²) in [5.74, 6) is 0. The molecule has 3 nitrogen and oxygen atoms in total. The van der Waals surface area contributed by atoms with Gasteiger partial charge in [-0.1, -0.05) is 6.92 Å². The minimum atomic E-state index is 0.707. The average molecular weight is 241 g/mol. The summed E-state index contributed by atoms with van der Waals surface area (Å²) in [5.41, 5.74) is 0. The molecule has 1 unspecified atom stereocenters. The number of rotatable bonds is 7. The summed E-state index contributed by atoms with van der Waals surface area (Å²) >= 11 is 0. The fourth-order valence-corrected chi connectivity index (χ4v) is 2.49. The highest BCUT2D eigenvalue weighted by Gasteiger charge is 2.21. The highest BCUT2D eigenvalue weighted by molar-refractivity contribution is 4.78. The predicted octanol–water partition coefficient (Wildman–Crippen LogP) is 1.79. The van der Waals surface area contributed by atoms with Crippen LogP contribution in [0, 0.1) is 0 Å². The first-order valence-electron chi connectivity index (χ1n) is 7.34. The quantitative estimate of drug-likeness (QED) is 0.686. The minimum absolute atomic E-state index is 0.707. The van der Waals surface area contributed by atoms with Crippen LogP contribution in [-0.2, 0) is 0 Å². The lowest BCUT2D eigenvalue weighted by atomic mass is 10.1. The molecule has 3 heteroatoms. The number of hydrogen-bond donors (Lipinski definition) is 1. The number of nitrogens with one attached hydrogen (secondary N) is 1. The van der Waals surface area contributed by atoms with E-state index in [1.54, 1.807) is 0 Å². The Balaban J connectivity index is 2.14. The molecule has 0 saturated carbocycles. The van der Waals surface area contributed by atoms with Crippen molar-refractivity contribution < 1.29 is 0 Å². The summed E-state index contributed by atoms with van der Waals surface area (Å²) in [7, 11) is 0. The van der Waals surface area contributed by atoms with Gasteiger partial charge in [-0.3, -0.25) is 9.80 Å². The highest BCUT2D eigenvalue weighted by Crippen LogP contribution is 2.10. The van der Waals surface area contributed by atoms with E-state index in [-0.39, 0.29) is 0 Å². The van der Waals surface area contributed by atoms with E-state index in [0.717, 1.165) is 12.6 Å². The molecule has 1 saturated heterocycles. The summed E-state index contributed by atoms with van der Waals surface area (Å²) in [4.78, 5) is 5.23. The van der Waals surface area contributed by atoms with E-state index in [1.807, 2.05) is 0 Å². The molecule has 1 aliphatic heterocycles. The van der Waals surface area contributed by atoms with E-state index in [1.165, 1.54) is 45.6 Å². The lowest BCUT2D eigenvalue weighted by Crippen LogP contribution is -2.51. The van der Waals surface area contributed by atoms with Crippen LogP contribution in [0.3, 0.4) is 0 Å². The number of nitrogens with zero attached hydrogens (tertiary/aromatic N) is 2. The molecule has 0 aromatic carbocycles. The summed E-state index contributed by atoms with van der Waals surface area (Å²) in [5, 5.41) is 3.49. The van der Waals surface area contributed by atoms with Gasteiger partial charge in [-0.25, -0.2) is 0 Å². The van der Waals surface area contributed by atoms with Crippen LogP contribution in [-0.4, -0.2) is 61.2 Å². The van der Waals surface area contributed by atoms with Crippen LogP contribution in [0.15, 0.2) is 0 Å². The Hall–Kier alpha value is -0.120. The molecule has 1 rings (SSSR count). The Labute approximate surface area is 108 Å². The van der Waals surface area contributed by atoms with Crippen molar-refractivity contribution in [1.29, 1.82) is 0 Å². The Morgan fingerprint density at radius 1 is 0.941 bits per heavy atom. The average Bonchev–Trinajstić information content (AvgIpc) is 2.34. The molecule has 0 bridgehead atoms. The fraction of sp³-hybridized carbons (Fsp3) is 1.00. The van der Waals surface area contributed by atoms with E-state index in [2.05, 4.69) is 42.8 Å². The first-order chi connectivity index (χ1) is 8.15. The smallest absolute Gasteiger partial charge is 0.0113 e. The highest BCUT2D eigenvalue weighted by atomic mass is 15.3. The second-order valence-electron chi connectivity index (χ2n) is 5.55. The molecule has 0 spiro atoms. The molecular weight excluding hydrogens is 210 g/mol. The van der Waals surface area contributed by atoms with Crippen molar-refractivity contribution in [3.05, 3.63) is 0 Å². The van der Waals surface area contributed by atoms with Crippen molar-refractivity contribution in [2.45, 2.75) is 52.6 Å². The molecule has 17 heavy (non-hydrogen) atoms. The third-order valence-electron chi connectivity index (χ3n) is 3.87. The SMILES string of the molecule is CCCNCCC(C)N1CCN(C(C)C)CC1. The van der Waals surface area contributed by atoms with Crippen LogP contribution < -0.4 is 5.32 Å². The van der Waals surface area contributed by atoms with Gasteiger partial charge in [0.25, 0.3) is 0 Å². The summed E-state index contributed by atoms with van der Waals surface area (Å²) in [6.07, 6.45) is 2.52. The van der Waals surface area contributed by atoms with Gasteiger partial charge in [0, 0.05) is 38.3 Å². The van der Waals surface area contributed by atoms with E-state index in [4.69, 9.17) is 0 Å². The van der Waals surface area contributed by atoms with Crippen LogP contribution in [0.2, 0.25) is 0 Å². The fourth-order valence-electron chi connectivity index (χ4n) is 2.49. The van der Waals surface area contributed by atoms with Crippen molar-refractivity contribution in [2.24, 2.45) is 0 Å². The molecule has 1 heterocycles. The summed E-state index contributed by atoms with van der Waals surface area (Å²) < 4.78 is 0. The zero-order valence-corrected chi connectivity index (χ0v) is 12.2. The van der Waals surface area contributed by atoms with Crippen LogP contribution in [0.25, 0.3) is 0 Å². The largest absolute Gasteiger partial charge is 0.317 e. The van der Waals surface area contributed by atoms with Gasteiger partial charge in [-0.15, -0.1) is 0 Å². The lowest BCUT2D eigenvalue weighted by Gasteiger charge is -2.39. The standard InChI is InChI=1S/C14H31N3/c1-5-7-15-8-6-14(4)17-11-9-16(10-12-17)13(2)3/h13-15H,5-12H2,1-4H3. The topological polar surface area (TPSA) is 18.5 Å². The van der Waals surface area contributed by atoms with Crippen LogP contribution >= 0.6 is 0 Å². The van der Waals surface area contributed by atoms with Gasteiger partial charge in [0.1, 0.15) is 0 Å². The second kappa shape index (κ2) is 8.06. The first-order valence-corrected chi connectivity index (χ1v) is 7.34. The second-order valence-corrected chi connectivity index (χ2v) is 5.55. The molecule has 1 atom stereocenters. The van der Waals surface area contributed by atoms with Crippen LogP contribution in [0.4, 0.5) is 0 Å². The maximum atomic E-state index is 3.49. The number of hydrogen-bond acceptors (Lipinski definition) is 3. The van der Waals surface area contributed by atoms with Crippen LogP contribution in [0.5, 0.6) is 0 Å². The first kappa shape index (κ1) is 14.9. The zero-order chi connectivity index (χ0) is 12.7. The predicted molar refractivity (Wildman–Crippen MR) is 75.5 cm³/mol. The molecule has 0 radical (unpaired) electrons. The van der Waals surface area contributed by atoms with E-state index in [9.17, 15) is 0 Å². The molecule has 0 amide bonds. The number of piperazine rings is 1. The van der Waals surface area contributed by atoms with E-state index in [0.29, 0.717) is 6.04 Å². The van der Waals surface area contributed by atoms with E-state index < -0.39 is 0 Å². The van der Waals surface area contributed by atoms with Crippen molar-refractivity contribution in [2.75, 3.05) is 39.3 Å². The lowest BCUT2D eigenvalue weighted by molar-refractivity contribution is 0.0807. The summed E-state index contributed by atoms with van der Waals surface area (Å²) in [6.45, 7) is 16.5. The van der Waals surface area contributed by atoms with Crippen LogP contribution in [0.1, 0.15) is 40.5 Å². The van der Waals surface area contributed by atoms with E-state index >= 15 is 0 Å². The van der Waals surface area contributed by atoms with Crippen molar-refractivity contribution >= 4 is 0 Å². The molecule has 0 aliphatic carbocycles. The van der Waals surface area contributed by atoms with Crippen molar-refractivity contribution in [1.82, 2.24) is 15.1 Å². The van der Waals surface area contributed by atoms with Gasteiger partial charge in [0.05, 0.1) is 0 Å². The third-order valence-corrected chi connectivity index (χ3v) is 3.87. The maximum Gasteiger partial charge on any atom is 0.0113 e. The monoisotopic (exact) mass is 241 g/mol. The van der Waals surface area contributed by atoms with Gasteiger partial charge < -0.3 is 5.32 Å². The Bertz CT molecular complexity index is 186. The molecule has 1 fully saturated rings. The maximum absolute atomic E-state index is 3.49. The molecule has 0 aromatic rings. The minimum Gasteiger partial charge on any atom is -0.317 e. The third kappa shape index (κ3) is 5.36. The Morgan fingerprint density at radius 3 is 2.06 bits per heavy atom. The van der Waals surface area contributed by atoms with Gasteiger partial charge in [-0.2, -0.15) is 0 Å². The normalized spacial score (nSPS) is 21.0. The zero-order valence-electron chi connectivity index (χ0n) is 12.2. The van der Waals surface area contributed by atoms with Gasteiger partial charge >= 0.3 is 0 Å². The van der Waals surface area contributed by atoms with Gasteiger partial charge in [0.2, 0.25) is 0 Å². The molecule has 1 aliphatic rings. The summed E-state index contributed by atoms with van der Waals surface area (Å²) in [6, 6.07) is 1.44. The van der Waals surface area contributed by atoms with Crippen molar-refractivity contribution in [3.63, 3.8) is 0 Å². The molecular formula is C14H31N3. The molecule has 102 valence electrons. The Morgan fingerprint density at radius 2 is 1.53 bits per heavy atom. The van der Waals surface area contributed by atoms with Gasteiger partial charge in [-0.05, 0) is 46.7 Å². The van der Waals surface area contributed by atoms with Crippen molar-refractivity contribution in [3.8, 4) is 0 Å². The molecule has 1 N–H and O–H groups in total. The van der Waals surface area contributed by atoms with Gasteiger partial charge in [0.15, 0.2) is 0 Å². The molecule has 0 aromatic heterocycles. The Kier molecular flexibility index (Phi) is 7.09.